The molecule has 0 bridgehead atoms. The number of benzene rings is 1. The van der Waals surface area contributed by atoms with E-state index in [-0.39, 0.29) is 12.4 Å². The molecule has 1 aromatic heterocycles. The molecular weight excluding hydrogens is 374 g/mol. The Labute approximate surface area is 160 Å². The average Bonchev–Trinajstić information content (AvgIpc) is 2.97. The first-order chi connectivity index (χ1) is 11.9. The third-order valence-corrected chi connectivity index (χ3v) is 7.04. The fourth-order valence-electron chi connectivity index (χ4n) is 3.54. The molecule has 0 saturated carbocycles. The van der Waals surface area contributed by atoms with E-state index >= 15 is 0 Å². The highest BCUT2D eigenvalue weighted by atomic mass is 35.5. The van der Waals surface area contributed by atoms with Gasteiger partial charge in [-0.2, -0.15) is 0 Å². The highest BCUT2D eigenvalue weighted by Crippen LogP contribution is 2.30. The zero-order valence-corrected chi connectivity index (χ0v) is 16.8. The number of carbonyl (C=O) groups excluding carboxylic acids is 1. The van der Waals surface area contributed by atoms with Gasteiger partial charge >= 0.3 is 0 Å². The summed E-state index contributed by atoms with van der Waals surface area (Å²) in [6.45, 7) is 4.07. The van der Waals surface area contributed by atoms with E-state index in [9.17, 15) is 13.2 Å². The van der Waals surface area contributed by atoms with Crippen LogP contribution in [0, 0.1) is 0 Å². The first-order valence-corrected chi connectivity index (χ1v) is 10.6. The van der Waals surface area contributed by atoms with Crippen LogP contribution in [0.2, 0.25) is 0 Å². The Bertz CT molecular complexity index is 886. The summed E-state index contributed by atoms with van der Waals surface area (Å²) >= 11 is 0. The van der Waals surface area contributed by atoms with Crippen LogP contribution in [0.5, 0.6) is 0 Å². The minimum atomic E-state index is -3.51. The summed E-state index contributed by atoms with van der Waals surface area (Å²) in [5.74, 6) is -0.426. The smallest absolute Gasteiger partial charge is 0.245 e. The Morgan fingerprint density at radius 3 is 2.58 bits per heavy atom. The number of carbonyl (C=O) groups is 1. The lowest BCUT2D eigenvalue weighted by atomic mass is 9.95. The van der Waals surface area contributed by atoms with Crippen LogP contribution in [0.3, 0.4) is 0 Å². The van der Waals surface area contributed by atoms with E-state index in [1.807, 2.05) is 30.5 Å². The molecule has 0 unspecified atom stereocenters. The van der Waals surface area contributed by atoms with Crippen molar-refractivity contribution in [3.8, 4) is 0 Å². The average molecular weight is 400 g/mol. The Hall–Kier alpha value is -1.57. The third-order valence-electron chi connectivity index (χ3n) is 5.03. The molecular formula is C18H26ClN3O3S. The number of sulfone groups is 1. The monoisotopic (exact) mass is 399 g/mol. The fourth-order valence-corrected chi connectivity index (χ4v) is 4.87. The molecule has 1 aliphatic heterocycles. The molecule has 2 heterocycles. The number of anilines is 1. The maximum Gasteiger partial charge on any atom is 0.245 e. The lowest BCUT2D eigenvalue weighted by molar-refractivity contribution is -0.119. The molecule has 1 aromatic carbocycles. The first kappa shape index (κ1) is 20.7. The number of fused-ring (bicyclic) bond motifs is 1. The minimum absolute atomic E-state index is 0. The van der Waals surface area contributed by atoms with Gasteiger partial charge in [-0.15, -0.1) is 12.4 Å². The van der Waals surface area contributed by atoms with Gasteiger partial charge in [0, 0.05) is 24.7 Å². The van der Waals surface area contributed by atoms with Crippen LogP contribution in [0.25, 0.3) is 10.9 Å². The Kier molecular flexibility index (Phi) is 6.37. The van der Waals surface area contributed by atoms with Gasteiger partial charge in [-0.1, -0.05) is 13.0 Å². The standard InChI is InChI=1S/C18H25N3O3S.ClH/c1-3-11-21-12-6-14-4-5-15(13-16(14)21)20-17(22)18(25(2,23)24)7-9-19-10-8-18;/h4-6,12-13,19H,3,7-11H2,1-2H3,(H,20,22);1H. The number of halogens is 1. The van der Waals surface area contributed by atoms with Crippen molar-refractivity contribution in [2.24, 2.45) is 0 Å². The second-order valence-electron chi connectivity index (χ2n) is 6.75. The summed E-state index contributed by atoms with van der Waals surface area (Å²) in [5.41, 5.74) is 1.67. The largest absolute Gasteiger partial charge is 0.347 e. The molecule has 0 atom stereocenters. The second kappa shape index (κ2) is 7.98. The number of nitrogens with zero attached hydrogens (tertiary/aromatic N) is 1. The van der Waals surface area contributed by atoms with Gasteiger partial charge in [-0.25, -0.2) is 8.42 Å². The van der Waals surface area contributed by atoms with E-state index < -0.39 is 20.5 Å². The molecule has 144 valence electrons. The van der Waals surface area contributed by atoms with E-state index in [1.165, 1.54) is 0 Å². The minimum Gasteiger partial charge on any atom is -0.347 e. The van der Waals surface area contributed by atoms with Crippen molar-refractivity contribution < 1.29 is 13.2 Å². The number of hydrogen-bond donors (Lipinski definition) is 2. The topological polar surface area (TPSA) is 80.2 Å². The highest BCUT2D eigenvalue weighted by Gasteiger charge is 2.48. The van der Waals surface area contributed by atoms with Crippen LogP contribution in [-0.2, 0) is 21.2 Å². The van der Waals surface area contributed by atoms with Crippen LogP contribution < -0.4 is 10.6 Å². The van der Waals surface area contributed by atoms with Gasteiger partial charge in [0.2, 0.25) is 5.91 Å². The SMILES string of the molecule is CCCn1ccc2ccc(NC(=O)C3(S(C)(=O)=O)CCNCC3)cc21.Cl. The Balaban J connectivity index is 0.00000243. The van der Waals surface area contributed by atoms with Gasteiger partial charge in [0.05, 0.1) is 5.52 Å². The Morgan fingerprint density at radius 2 is 1.96 bits per heavy atom. The van der Waals surface area contributed by atoms with Crippen LogP contribution in [-0.4, -0.2) is 43.0 Å². The van der Waals surface area contributed by atoms with Crippen LogP contribution >= 0.6 is 12.4 Å². The molecule has 0 radical (unpaired) electrons. The predicted molar refractivity (Wildman–Crippen MR) is 108 cm³/mol. The van der Waals surface area contributed by atoms with E-state index in [2.05, 4.69) is 22.1 Å². The van der Waals surface area contributed by atoms with E-state index in [0.717, 1.165) is 30.1 Å². The maximum absolute atomic E-state index is 12.9. The number of aromatic nitrogens is 1. The van der Waals surface area contributed by atoms with E-state index in [4.69, 9.17) is 0 Å². The van der Waals surface area contributed by atoms with Gasteiger partial charge in [-0.3, -0.25) is 4.79 Å². The number of hydrogen-bond acceptors (Lipinski definition) is 4. The van der Waals surface area contributed by atoms with Gasteiger partial charge < -0.3 is 15.2 Å². The first-order valence-electron chi connectivity index (χ1n) is 8.68. The molecule has 1 fully saturated rings. The molecule has 1 aliphatic rings. The van der Waals surface area contributed by atoms with Crippen molar-refractivity contribution in [2.75, 3.05) is 24.7 Å². The molecule has 6 nitrogen and oxygen atoms in total. The van der Waals surface area contributed by atoms with Gasteiger partial charge in [0.25, 0.3) is 0 Å². The van der Waals surface area contributed by atoms with E-state index in [1.54, 1.807) is 0 Å². The summed E-state index contributed by atoms with van der Waals surface area (Å²) in [6.07, 6.45) is 4.81. The number of piperidine rings is 1. The quantitative estimate of drug-likeness (QED) is 0.809. The van der Waals surface area contributed by atoms with Crippen LogP contribution in [0.15, 0.2) is 30.5 Å². The number of nitrogens with one attached hydrogen (secondary N) is 2. The molecule has 1 amide bonds. The van der Waals surface area contributed by atoms with Crippen LogP contribution in [0.1, 0.15) is 26.2 Å². The third kappa shape index (κ3) is 3.75. The van der Waals surface area contributed by atoms with Gasteiger partial charge in [-0.05, 0) is 55.9 Å². The summed E-state index contributed by atoms with van der Waals surface area (Å²) in [6, 6.07) is 7.74. The Morgan fingerprint density at radius 1 is 1.27 bits per heavy atom. The van der Waals surface area contributed by atoms with Crippen molar-refractivity contribution in [3.63, 3.8) is 0 Å². The summed E-state index contributed by atoms with van der Waals surface area (Å²) < 4.78 is 25.5. The summed E-state index contributed by atoms with van der Waals surface area (Å²) in [5, 5.41) is 7.08. The number of rotatable bonds is 5. The molecule has 1 saturated heterocycles. The molecule has 8 heteroatoms. The lowest BCUT2D eigenvalue weighted by Gasteiger charge is -2.34. The van der Waals surface area contributed by atoms with Crippen molar-refractivity contribution >= 4 is 44.7 Å². The van der Waals surface area contributed by atoms with Gasteiger partial charge in [0.1, 0.15) is 0 Å². The van der Waals surface area contributed by atoms with Crippen molar-refractivity contribution in [2.45, 2.75) is 37.5 Å². The molecule has 2 aromatic rings. The molecule has 3 rings (SSSR count). The predicted octanol–water partition coefficient (Wildman–Crippen LogP) is 2.58. The summed E-state index contributed by atoms with van der Waals surface area (Å²) in [4.78, 5) is 12.9. The van der Waals surface area contributed by atoms with Crippen molar-refractivity contribution in [1.82, 2.24) is 9.88 Å². The van der Waals surface area contributed by atoms with Crippen LogP contribution in [0.4, 0.5) is 5.69 Å². The molecule has 26 heavy (non-hydrogen) atoms. The zero-order chi connectivity index (χ0) is 18.1. The molecule has 2 N–H and O–H groups in total. The maximum atomic E-state index is 12.9. The van der Waals surface area contributed by atoms with Crippen molar-refractivity contribution in [3.05, 3.63) is 30.5 Å². The summed E-state index contributed by atoms with van der Waals surface area (Å²) in [7, 11) is -3.51. The molecule has 0 spiro atoms. The lowest BCUT2D eigenvalue weighted by Crippen LogP contribution is -2.55. The van der Waals surface area contributed by atoms with Gasteiger partial charge in [0.15, 0.2) is 14.6 Å². The van der Waals surface area contributed by atoms with Crippen molar-refractivity contribution in [1.29, 1.82) is 0 Å². The molecule has 0 aliphatic carbocycles. The number of aryl methyl sites for hydroxylation is 1. The number of amides is 1. The fraction of sp³-hybridized carbons (Fsp3) is 0.500. The second-order valence-corrected chi connectivity index (χ2v) is 9.08. The normalized spacial score (nSPS) is 16.8. The highest BCUT2D eigenvalue weighted by molar-refractivity contribution is 7.92. The zero-order valence-electron chi connectivity index (χ0n) is 15.1. The van der Waals surface area contributed by atoms with E-state index in [0.29, 0.717) is 31.6 Å².